The van der Waals surface area contributed by atoms with Gasteiger partial charge < -0.3 is 10.1 Å². The third-order valence-electron chi connectivity index (χ3n) is 5.02. The molecule has 3 aromatic carbocycles. The minimum absolute atomic E-state index is 0.312. The number of nitrogens with zero attached hydrogens (tertiary/aromatic N) is 3. The van der Waals surface area contributed by atoms with Crippen LogP contribution in [0.5, 0.6) is 5.75 Å². The van der Waals surface area contributed by atoms with Crippen molar-refractivity contribution in [1.29, 1.82) is 0 Å². The molecule has 0 radical (unpaired) electrons. The summed E-state index contributed by atoms with van der Waals surface area (Å²) in [6.07, 6.45) is 3.19. The average molecular weight is 459 g/mol. The molecular formula is C26H23ClN4O2. The number of nitrogens with one attached hydrogen (secondary N) is 1. The third-order valence-corrected chi connectivity index (χ3v) is 5.28. The molecule has 0 aliphatic carbocycles. The first-order valence-electron chi connectivity index (χ1n) is 10.4. The number of hydrogen-bond acceptors (Lipinski definition) is 5. The highest BCUT2D eigenvalue weighted by Crippen LogP contribution is 2.20. The summed E-state index contributed by atoms with van der Waals surface area (Å²) in [6, 6.07) is 22.8. The van der Waals surface area contributed by atoms with E-state index in [1.54, 1.807) is 25.3 Å². The lowest BCUT2D eigenvalue weighted by Gasteiger charge is -2.07. The number of benzene rings is 3. The highest BCUT2D eigenvalue weighted by Gasteiger charge is 2.16. The number of rotatable bonds is 7. The van der Waals surface area contributed by atoms with Crippen molar-refractivity contribution >= 4 is 29.5 Å². The number of anilines is 1. The molecule has 0 saturated heterocycles. The van der Waals surface area contributed by atoms with Gasteiger partial charge in [-0.1, -0.05) is 65.7 Å². The summed E-state index contributed by atoms with van der Waals surface area (Å²) in [5, 5.41) is 8.35. The normalized spacial score (nSPS) is 11.0. The Hall–Kier alpha value is -3.90. The van der Waals surface area contributed by atoms with E-state index in [0.717, 1.165) is 28.0 Å². The van der Waals surface area contributed by atoms with Crippen LogP contribution in [0.25, 0.3) is 17.5 Å². The number of methoxy groups -OCH3 is 1. The van der Waals surface area contributed by atoms with Gasteiger partial charge in [-0.2, -0.15) is 9.67 Å². The molecule has 0 amide bonds. The smallest absolute Gasteiger partial charge is 0.274 e. The van der Waals surface area contributed by atoms with Crippen LogP contribution in [0.15, 0.2) is 78.9 Å². The topological polar surface area (TPSA) is 69.0 Å². The van der Waals surface area contributed by atoms with E-state index in [2.05, 4.69) is 15.4 Å². The van der Waals surface area contributed by atoms with Gasteiger partial charge in [0.05, 0.1) is 7.11 Å². The Morgan fingerprint density at radius 3 is 2.39 bits per heavy atom. The van der Waals surface area contributed by atoms with E-state index in [-0.39, 0.29) is 5.91 Å². The Morgan fingerprint density at radius 2 is 1.73 bits per heavy atom. The molecule has 4 aromatic rings. The van der Waals surface area contributed by atoms with Crippen LogP contribution in [-0.2, 0) is 6.54 Å². The van der Waals surface area contributed by atoms with Gasteiger partial charge in [0.25, 0.3) is 5.91 Å². The standard InChI is InChI=1S/C26H23ClN4O2/c1-18-3-10-21(11-4-18)25-29-26(28-17-20-7-14-23(33-2)15-8-20)31(30-25)24(32)16-9-19-5-12-22(27)13-6-19/h3-16H,17H2,1-2H3,(H,28,29,30). The molecule has 0 fully saturated rings. The van der Waals surface area contributed by atoms with Crippen molar-refractivity contribution < 1.29 is 9.53 Å². The average Bonchev–Trinajstić information content (AvgIpc) is 3.27. The molecule has 7 heteroatoms. The summed E-state index contributed by atoms with van der Waals surface area (Å²) in [5.41, 5.74) is 3.85. The third kappa shape index (κ3) is 5.67. The fourth-order valence-corrected chi connectivity index (χ4v) is 3.27. The molecule has 0 atom stereocenters. The first-order chi connectivity index (χ1) is 16.0. The second-order valence-corrected chi connectivity index (χ2v) is 7.90. The number of allylic oxidation sites excluding steroid dienone is 1. The van der Waals surface area contributed by atoms with Crippen molar-refractivity contribution in [3.05, 3.63) is 101 Å². The van der Waals surface area contributed by atoms with Gasteiger partial charge in [0.15, 0.2) is 5.82 Å². The molecule has 0 aliphatic rings. The second kappa shape index (κ2) is 10.1. The van der Waals surface area contributed by atoms with Crippen LogP contribution < -0.4 is 10.1 Å². The summed E-state index contributed by atoms with van der Waals surface area (Å²) in [5.74, 6) is 1.31. The number of halogens is 1. The number of aryl methyl sites for hydroxylation is 1. The Morgan fingerprint density at radius 1 is 1.03 bits per heavy atom. The highest BCUT2D eigenvalue weighted by atomic mass is 35.5. The molecule has 33 heavy (non-hydrogen) atoms. The van der Waals surface area contributed by atoms with Gasteiger partial charge in [-0.15, -0.1) is 5.10 Å². The molecule has 1 aromatic heterocycles. The SMILES string of the molecule is COc1ccc(CNc2nc(-c3ccc(C)cc3)nn2C(=O)C=Cc2ccc(Cl)cc2)cc1. The van der Waals surface area contributed by atoms with Crippen LogP contribution in [0.4, 0.5) is 5.95 Å². The van der Waals surface area contributed by atoms with E-state index in [9.17, 15) is 4.79 Å². The van der Waals surface area contributed by atoms with Gasteiger partial charge >= 0.3 is 0 Å². The minimum atomic E-state index is -0.312. The van der Waals surface area contributed by atoms with E-state index >= 15 is 0 Å². The number of aromatic nitrogens is 3. The predicted octanol–water partition coefficient (Wildman–Crippen LogP) is 5.88. The van der Waals surface area contributed by atoms with Crippen LogP contribution in [-0.4, -0.2) is 27.8 Å². The van der Waals surface area contributed by atoms with Crippen molar-refractivity contribution in [2.24, 2.45) is 0 Å². The van der Waals surface area contributed by atoms with Gasteiger partial charge in [-0.25, -0.2) is 0 Å². The van der Waals surface area contributed by atoms with Crippen molar-refractivity contribution in [2.45, 2.75) is 13.5 Å². The van der Waals surface area contributed by atoms with Gasteiger partial charge in [0.2, 0.25) is 5.95 Å². The molecule has 166 valence electrons. The summed E-state index contributed by atoms with van der Waals surface area (Å²) >= 11 is 5.94. The molecule has 4 rings (SSSR count). The Labute approximate surface area is 197 Å². The molecule has 0 saturated carbocycles. The molecule has 0 spiro atoms. The number of ether oxygens (including phenoxy) is 1. The number of carbonyl (C=O) groups is 1. The molecular weight excluding hydrogens is 436 g/mol. The summed E-state index contributed by atoms with van der Waals surface area (Å²) in [7, 11) is 1.63. The molecule has 1 heterocycles. The Bertz CT molecular complexity index is 1260. The van der Waals surface area contributed by atoms with Crippen LogP contribution in [0.2, 0.25) is 5.02 Å². The summed E-state index contributed by atoms with van der Waals surface area (Å²) < 4.78 is 6.49. The van der Waals surface area contributed by atoms with E-state index in [0.29, 0.717) is 23.3 Å². The summed E-state index contributed by atoms with van der Waals surface area (Å²) in [4.78, 5) is 17.6. The minimum Gasteiger partial charge on any atom is -0.497 e. The Balaban J connectivity index is 1.60. The quantitative estimate of drug-likeness (QED) is 0.350. The fraction of sp³-hybridized carbons (Fsp3) is 0.115. The monoisotopic (exact) mass is 458 g/mol. The summed E-state index contributed by atoms with van der Waals surface area (Å²) in [6.45, 7) is 2.49. The highest BCUT2D eigenvalue weighted by molar-refractivity contribution is 6.30. The Kier molecular flexibility index (Phi) is 6.86. The van der Waals surface area contributed by atoms with Crippen LogP contribution in [0.1, 0.15) is 21.5 Å². The van der Waals surface area contributed by atoms with Crippen LogP contribution in [0, 0.1) is 6.92 Å². The van der Waals surface area contributed by atoms with Crippen LogP contribution in [0.3, 0.4) is 0 Å². The van der Waals surface area contributed by atoms with E-state index < -0.39 is 0 Å². The maximum atomic E-state index is 13.0. The van der Waals surface area contributed by atoms with Gasteiger partial charge in [-0.05, 0) is 48.4 Å². The first-order valence-corrected chi connectivity index (χ1v) is 10.8. The zero-order chi connectivity index (χ0) is 23.2. The van der Waals surface area contributed by atoms with Crippen molar-refractivity contribution in [1.82, 2.24) is 14.8 Å². The van der Waals surface area contributed by atoms with Gasteiger partial charge in [-0.3, -0.25) is 4.79 Å². The zero-order valence-corrected chi connectivity index (χ0v) is 19.1. The second-order valence-electron chi connectivity index (χ2n) is 7.46. The molecule has 0 aliphatic heterocycles. The molecule has 1 N–H and O–H groups in total. The fourth-order valence-electron chi connectivity index (χ4n) is 3.14. The predicted molar refractivity (Wildman–Crippen MR) is 132 cm³/mol. The van der Waals surface area contributed by atoms with E-state index in [4.69, 9.17) is 16.3 Å². The lowest BCUT2D eigenvalue weighted by molar-refractivity contribution is 0.0957. The first kappa shape index (κ1) is 22.3. The largest absolute Gasteiger partial charge is 0.497 e. The molecule has 0 bridgehead atoms. The van der Waals surface area contributed by atoms with Gasteiger partial charge in [0.1, 0.15) is 5.75 Å². The van der Waals surface area contributed by atoms with E-state index in [1.807, 2.05) is 67.6 Å². The maximum absolute atomic E-state index is 13.0. The number of hydrogen-bond donors (Lipinski definition) is 1. The lowest BCUT2D eigenvalue weighted by atomic mass is 10.1. The van der Waals surface area contributed by atoms with Crippen molar-refractivity contribution in [3.8, 4) is 17.1 Å². The van der Waals surface area contributed by atoms with Crippen molar-refractivity contribution in [2.75, 3.05) is 12.4 Å². The zero-order valence-electron chi connectivity index (χ0n) is 18.3. The lowest BCUT2D eigenvalue weighted by Crippen LogP contribution is -2.14. The van der Waals surface area contributed by atoms with Crippen molar-refractivity contribution in [3.63, 3.8) is 0 Å². The molecule has 0 unspecified atom stereocenters. The van der Waals surface area contributed by atoms with Gasteiger partial charge in [0, 0.05) is 23.2 Å². The molecule has 6 nitrogen and oxygen atoms in total. The number of carbonyl (C=O) groups excluding carboxylic acids is 1. The maximum Gasteiger partial charge on any atom is 0.274 e. The van der Waals surface area contributed by atoms with Crippen LogP contribution >= 0.6 is 11.6 Å². The van der Waals surface area contributed by atoms with E-state index in [1.165, 1.54) is 10.8 Å².